The van der Waals surface area contributed by atoms with Crippen LogP contribution in [0.15, 0.2) is 91.0 Å². The smallest absolute Gasteiger partial charge is 0.255 e. The molecule has 1 saturated heterocycles. The van der Waals surface area contributed by atoms with E-state index in [0.717, 1.165) is 11.3 Å². The van der Waals surface area contributed by atoms with Crippen molar-refractivity contribution in [3.8, 4) is 0 Å². The standard InChI is InChI=1S/C22H20N2O/c25-22(19-12-6-2-7-13-19)23-16-21(18-10-4-1-5-11-18)24(17-23)20-14-8-3-9-15-20/h1-15,21H,16-17H2. The first-order chi connectivity index (χ1) is 12.3. The molecule has 124 valence electrons. The zero-order valence-electron chi connectivity index (χ0n) is 14.0. The molecule has 1 aliphatic heterocycles. The topological polar surface area (TPSA) is 23.6 Å². The van der Waals surface area contributed by atoms with E-state index in [4.69, 9.17) is 0 Å². The minimum Gasteiger partial charge on any atom is -0.345 e. The summed E-state index contributed by atoms with van der Waals surface area (Å²) < 4.78 is 0. The number of anilines is 1. The molecule has 4 rings (SSSR count). The van der Waals surface area contributed by atoms with Crippen molar-refractivity contribution in [3.63, 3.8) is 0 Å². The van der Waals surface area contributed by atoms with Gasteiger partial charge < -0.3 is 9.80 Å². The van der Waals surface area contributed by atoms with Crippen LogP contribution in [-0.4, -0.2) is 24.0 Å². The number of hydrogen-bond donors (Lipinski definition) is 0. The average Bonchev–Trinajstić information content (AvgIpc) is 3.15. The largest absolute Gasteiger partial charge is 0.345 e. The molecule has 3 heteroatoms. The summed E-state index contributed by atoms with van der Waals surface area (Å²) in [5.74, 6) is 0.0833. The highest BCUT2D eigenvalue weighted by Gasteiger charge is 2.34. The Labute approximate surface area is 148 Å². The number of hydrogen-bond acceptors (Lipinski definition) is 2. The van der Waals surface area contributed by atoms with Gasteiger partial charge in [0, 0.05) is 17.8 Å². The fourth-order valence-corrected chi connectivity index (χ4v) is 3.40. The van der Waals surface area contributed by atoms with Crippen LogP contribution in [0.4, 0.5) is 5.69 Å². The van der Waals surface area contributed by atoms with Gasteiger partial charge >= 0.3 is 0 Å². The molecule has 3 aromatic carbocycles. The van der Waals surface area contributed by atoms with E-state index in [1.807, 2.05) is 59.5 Å². The van der Waals surface area contributed by atoms with Crippen LogP contribution >= 0.6 is 0 Å². The summed E-state index contributed by atoms with van der Waals surface area (Å²) in [6, 6.07) is 30.4. The Kier molecular flexibility index (Phi) is 4.21. The quantitative estimate of drug-likeness (QED) is 0.714. The molecule has 1 atom stereocenters. The number of nitrogens with zero attached hydrogens (tertiary/aromatic N) is 2. The van der Waals surface area contributed by atoms with Gasteiger partial charge in [-0.25, -0.2) is 0 Å². The SMILES string of the molecule is O=C(c1ccccc1)N1CC(c2ccccc2)N(c2ccccc2)C1. The first-order valence-electron chi connectivity index (χ1n) is 8.54. The number of carbonyl (C=O) groups excluding carboxylic acids is 1. The first-order valence-corrected chi connectivity index (χ1v) is 8.54. The molecule has 1 fully saturated rings. The molecule has 0 N–H and O–H groups in total. The molecule has 3 aromatic rings. The van der Waals surface area contributed by atoms with E-state index in [0.29, 0.717) is 13.2 Å². The van der Waals surface area contributed by atoms with Crippen molar-refractivity contribution in [2.24, 2.45) is 0 Å². The highest BCUT2D eigenvalue weighted by atomic mass is 16.2. The van der Waals surface area contributed by atoms with Crippen molar-refractivity contribution < 1.29 is 4.79 Å². The average molecular weight is 328 g/mol. The van der Waals surface area contributed by atoms with Crippen molar-refractivity contribution in [2.75, 3.05) is 18.1 Å². The molecule has 1 amide bonds. The number of benzene rings is 3. The van der Waals surface area contributed by atoms with Crippen LogP contribution in [0.2, 0.25) is 0 Å². The van der Waals surface area contributed by atoms with Crippen LogP contribution in [0.5, 0.6) is 0 Å². The van der Waals surface area contributed by atoms with Crippen molar-refractivity contribution in [1.82, 2.24) is 4.90 Å². The van der Waals surface area contributed by atoms with Crippen molar-refractivity contribution in [1.29, 1.82) is 0 Å². The molecule has 1 unspecified atom stereocenters. The molecule has 0 aromatic heterocycles. The highest BCUT2D eigenvalue weighted by Crippen LogP contribution is 2.33. The van der Waals surface area contributed by atoms with E-state index in [1.54, 1.807) is 0 Å². The molecule has 1 heterocycles. The van der Waals surface area contributed by atoms with Crippen molar-refractivity contribution in [3.05, 3.63) is 102 Å². The summed E-state index contributed by atoms with van der Waals surface area (Å²) in [5, 5.41) is 0. The van der Waals surface area contributed by atoms with Gasteiger partial charge in [0.25, 0.3) is 5.91 Å². The third-order valence-corrected chi connectivity index (χ3v) is 4.67. The maximum atomic E-state index is 12.9. The van der Waals surface area contributed by atoms with Crippen molar-refractivity contribution in [2.45, 2.75) is 6.04 Å². The van der Waals surface area contributed by atoms with E-state index in [2.05, 4.69) is 41.3 Å². The normalized spacial score (nSPS) is 16.9. The second-order valence-electron chi connectivity index (χ2n) is 6.27. The Morgan fingerprint density at radius 2 is 1.32 bits per heavy atom. The summed E-state index contributed by atoms with van der Waals surface area (Å²) in [7, 11) is 0. The summed E-state index contributed by atoms with van der Waals surface area (Å²) >= 11 is 0. The fraction of sp³-hybridized carbons (Fsp3) is 0.136. The molecule has 0 aliphatic carbocycles. The number of amides is 1. The van der Waals surface area contributed by atoms with Gasteiger partial charge in [-0.1, -0.05) is 66.7 Å². The third kappa shape index (κ3) is 3.13. The second kappa shape index (κ2) is 6.81. The Balaban J connectivity index is 1.66. The van der Waals surface area contributed by atoms with Gasteiger partial charge in [-0.15, -0.1) is 0 Å². The molecular formula is C22H20N2O. The minimum absolute atomic E-state index is 0.0833. The van der Waals surface area contributed by atoms with Gasteiger partial charge in [0.1, 0.15) is 0 Å². The molecular weight excluding hydrogens is 308 g/mol. The van der Waals surface area contributed by atoms with E-state index >= 15 is 0 Å². The monoisotopic (exact) mass is 328 g/mol. The molecule has 25 heavy (non-hydrogen) atoms. The van der Waals surface area contributed by atoms with E-state index < -0.39 is 0 Å². The van der Waals surface area contributed by atoms with Gasteiger partial charge in [-0.3, -0.25) is 4.79 Å². The summed E-state index contributed by atoms with van der Waals surface area (Å²) in [6.45, 7) is 1.28. The van der Waals surface area contributed by atoms with Crippen LogP contribution in [0, 0.1) is 0 Å². The van der Waals surface area contributed by atoms with Gasteiger partial charge in [-0.05, 0) is 29.8 Å². The Morgan fingerprint density at radius 3 is 1.96 bits per heavy atom. The van der Waals surface area contributed by atoms with Crippen LogP contribution in [0.25, 0.3) is 0 Å². The Hall–Kier alpha value is -3.07. The zero-order valence-corrected chi connectivity index (χ0v) is 14.0. The predicted octanol–water partition coefficient (Wildman–Crippen LogP) is 4.35. The minimum atomic E-state index is 0.0833. The first kappa shape index (κ1) is 15.5. The van der Waals surface area contributed by atoms with Crippen LogP contribution < -0.4 is 4.90 Å². The Morgan fingerprint density at radius 1 is 0.760 bits per heavy atom. The second-order valence-corrected chi connectivity index (χ2v) is 6.27. The lowest BCUT2D eigenvalue weighted by Gasteiger charge is -2.25. The van der Waals surface area contributed by atoms with E-state index in [1.165, 1.54) is 5.56 Å². The van der Waals surface area contributed by atoms with Gasteiger partial charge in [0.2, 0.25) is 0 Å². The lowest BCUT2D eigenvalue weighted by molar-refractivity contribution is 0.0791. The molecule has 1 aliphatic rings. The highest BCUT2D eigenvalue weighted by molar-refractivity contribution is 5.94. The number of rotatable bonds is 3. The van der Waals surface area contributed by atoms with E-state index in [-0.39, 0.29) is 11.9 Å². The lowest BCUT2D eigenvalue weighted by Crippen LogP contribution is -2.31. The van der Waals surface area contributed by atoms with Crippen LogP contribution in [0.1, 0.15) is 22.0 Å². The lowest BCUT2D eigenvalue weighted by atomic mass is 10.1. The summed E-state index contributed by atoms with van der Waals surface area (Å²) in [4.78, 5) is 17.1. The third-order valence-electron chi connectivity index (χ3n) is 4.67. The summed E-state index contributed by atoms with van der Waals surface area (Å²) in [5.41, 5.74) is 3.11. The number of para-hydroxylation sites is 1. The molecule has 3 nitrogen and oxygen atoms in total. The number of carbonyl (C=O) groups is 1. The Bertz CT molecular complexity index is 786. The molecule has 0 radical (unpaired) electrons. The van der Waals surface area contributed by atoms with Gasteiger partial charge in [0.15, 0.2) is 0 Å². The molecule has 0 bridgehead atoms. The van der Waals surface area contributed by atoms with Crippen molar-refractivity contribution >= 4 is 11.6 Å². The molecule has 0 saturated carbocycles. The van der Waals surface area contributed by atoms with Gasteiger partial charge in [0.05, 0.1) is 12.7 Å². The fourth-order valence-electron chi connectivity index (χ4n) is 3.40. The van der Waals surface area contributed by atoms with Crippen LogP contribution in [-0.2, 0) is 0 Å². The van der Waals surface area contributed by atoms with Gasteiger partial charge in [-0.2, -0.15) is 0 Å². The van der Waals surface area contributed by atoms with E-state index in [9.17, 15) is 4.79 Å². The predicted molar refractivity (Wildman–Crippen MR) is 100 cm³/mol. The maximum Gasteiger partial charge on any atom is 0.255 e. The molecule has 0 spiro atoms. The summed E-state index contributed by atoms with van der Waals surface area (Å²) in [6.07, 6.45) is 0. The maximum absolute atomic E-state index is 12.9. The zero-order chi connectivity index (χ0) is 17.1. The van der Waals surface area contributed by atoms with Crippen LogP contribution in [0.3, 0.4) is 0 Å².